The maximum Gasteiger partial charge on any atom is 0.410 e. The molecule has 0 aromatic carbocycles. The number of ether oxygens (including phenoxy) is 1. The quantitative estimate of drug-likeness (QED) is 0.780. The molecule has 92 valence electrons. The molecule has 0 atom stereocenters. The average Bonchev–Trinajstić information content (AvgIpc) is 2.61. The largest absolute Gasteiger partial charge is 0.448 e. The summed E-state index contributed by atoms with van der Waals surface area (Å²) >= 11 is 0. The highest BCUT2D eigenvalue weighted by molar-refractivity contribution is 5.78. The monoisotopic (exact) mass is 228 g/mol. The molecule has 1 fully saturated rings. The number of hydrogen-bond acceptors (Lipinski definition) is 3. The minimum absolute atomic E-state index is 0.000592. The van der Waals surface area contributed by atoms with Crippen LogP contribution in [0.5, 0.6) is 0 Å². The Balaban J connectivity index is 2.51. The van der Waals surface area contributed by atoms with Crippen LogP contribution in [0.2, 0.25) is 0 Å². The summed E-state index contributed by atoms with van der Waals surface area (Å²) in [5.74, 6) is -0.0398. The minimum atomic E-state index is -0.405. The first-order valence-electron chi connectivity index (χ1n) is 5.56. The van der Waals surface area contributed by atoms with Crippen LogP contribution in [-0.2, 0) is 9.53 Å². The Morgan fingerprint density at radius 3 is 2.62 bits per heavy atom. The number of hydrogen-bond donors (Lipinski definition) is 1. The van der Waals surface area contributed by atoms with E-state index in [1.54, 1.807) is 4.90 Å². The zero-order chi connectivity index (χ0) is 12.3. The predicted molar refractivity (Wildman–Crippen MR) is 60.0 cm³/mol. The highest BCUT2D eigenvalue weighted by Gasteiger charge is 2.35. The third kappa shape index (κ3) is 2.87. The molecule has 0 radical (unpaired) electrons. The second-order valence-electron chi connectivity index (χ2n) is 4.95. The van der Waals surface area contributed by atoms with E-state index in [4.69, 9.17) is 4.74 Å². The topological polar surface area (TPSA) is 58.6 Å². The zero-order valence-electron chi connectivity index (χ0n) is 10.4. The van der Waals surface area contributed by atoms with Gasteiger partial charge in [0.05, 0.1) is 12.1 Å². The summed E-state index contributed by atoms with van der Waals surface area (Å²) in [4.78, 5) is 24.5. The van der Waals surface area contributed by atoms with E-state index in [-0.39, 0.29) is 17.9 Å². The van der Waals surface area contributed by atoms with Crippen LogP contribution >= 0.6 is 0 Å². The summed E-state index contributed by atoms with van der Waals surface area (Å²) in [5, 5.41) is 2.83. The van der Waals surface area contributed by atoms with Crippen molar-refractivity contribution < 1.29 is 14.3 Å². The van der Waals surface area contributed by atoms with Crippen LogP contribution in [-0.4, -0.2) is 42.1 Å². The molecular formula is C11H20N2O3. The van der Waals surface area contributed by atoms with Crippen molar-refractivity contribution in [3.63, 3.8) is 0 Å². The predicted octanol–water partition coefficient (Wildman–Crippen LogP) is 0.989. The van der Waals surface area contributed by atoms with Gasteiger partial charge in [-0.15, -0.1) is 0 Å². The van der Waals surface area contributed by atoms with E-state index in [9.17, 15) is 9.59 Å². The van der Waals surface area contributed by atoms with Crippen molar-refractivity contribution in [2.24, 2.45) is 5.92 Å². The van der Waals surface area contributed by atoms with Gasteiger partial charge in [0.1, 0.15) is 6.61 Å². The number of carbonyl (C=O) groups is 2. The van der Waals surface area contributed by atoms with Gasteiger partial charge >= 0.3 is 6.09 Å². The van der Waals surface area contributed by atoms with Gasteiger partial charge in [-0.25, -0.2) is 4.79 Å². The molecule has 1 rings (SSSR count). The smallest absolute Gasteiger partial charge is 0.410 e. The number of nitrogens with zero attached hydrogens (tertiary/aromatic N) is 1. The normalized spacial score (nSPS) is 16.6. The number of rotatable bonds is 4. The summed E-state index contributed by atoms with van der Waals surface area (Å²) in [7, 11) is 0. The Morgan fingerprint density at radius 2 is 2.19 bits per heavy atom. The fourth-order valence-electron chi connectivity index (χ4n) is 1.55. The van der Waals surface area contributed by atoms with Gasteiger partial charge in [-0.2, -0.15) is 0 Å². The first kappa shape index (κ1) is 12.8. The second-order valence-corrected chi connectivity index (χ2v) is 4.95. The first-order valence-corrected chi connectivity index (χ1v) is 5.56. The Hall–Kier alpha value is -1.26. The van der Waals surface area contributed by atoms with Gasteiger partial charge in [-0.1, -0.05) is 13.8 Å². The number of carbonyl (C=O) groups excluding carboxylic acids is 2. The van der Waals surface area contributed by atoms with E-state index in [0.29, 0.717) is 19.7 Å². The van der Waals surface area contributed by atoms with Gasteiger partial charge in [0.15, 0.2) is 0 Å². The number of amides is 2. The first-order chi connectivity index (χ1) is 7.34. The van der Waals surface area contributed by atoms with Crippen LogP contribution in [0.1, 0.15) is 27.7 Å². The molecule has 0 unspecified atom stereocenters. The Labute approximate surface area is 96.1 Å². The summed E-state index contributed by atoms with van der Waals surface area (Å²) in [5.41, 5.74) is -0.405. The van der Waals surface area contributed by atoms with E-state index in [1.807, 2.05) is 27.7 Å². The summed E-state index contributed by atoms with van der Waals surface area (Å²) in [6.07, 6.45) is -0.302. The van der Waals surface area contributed by atoms with Crippen LogP contribution in [0.15, 0.2) is 0 Å². The van der Waals surface area contributed by atoms with Crippen molar-refractivity contribution in [2.75, 3.05) is 19.7 Å². The van der Waals surface area contributed by atoms with E-state index in [0.717, 1.165) is 0 Å². The van der Waals surface area contributed by atoms with Crippen molar-refractivity contribution in [1.29, 1.82) is 0 Å². The third-order valence-corrected chi connectivity index (χ3v) is 2.71. The van der Waals surface area contributed by atoms with E-state index in [1.165, 1.54) is 0 Å². The molecule has 0 spiro atoms. The molecule has 1 saturated heterocycles. The lowest BCUT2D eigenvalue weighted by Crippen LogP contribution is -2.52. The zero-order valence-corrected chi connectivity index (χ0v) is 10.4. The molecule has 1 aliphatic heterocycles. The van der Waals surface area contributed by atoms with Gasteiger partial charge in [0, 0.05) is 12.5 Å². The van der Waals surface area contributed by atoms with Gasteiger partial charge in [-0.3, -0.25) is 9.69 Å². The molecule has 0 bridgehead atoms. The average molecular weight is 228 g/mol. The Bertz CT molecular complexity index is 287. The number of nitrogens with one attached hydrogen (secondary N) is 1. The van der Waals surface area contributed by atoms with Gasteiger partial charge in [0.25, 0.3) is 0 Å². The fraction of sp³-hybridized carbons (Fsp3) is 0.818. The highest BCUT2D eigenvalue weighted by atomic mass is 16.6. The molecular weight excluding hydrogens is 208 g/mol. The lowest BCUT2D eigenvalue weighted by Gasteiger charge is -2.33. The van der Waals surface area contributed by atoms with E-state index in [2.05, 4.69) is 5.32 Å². The summed E-state index contributed by atoms with van der Waals surface area (Å²) < 4.78 is 4.88. The van der Waals surface area contributed by atoms with Crippen molar-refractivity contribution in [2.45, 2.75) is 33.2 Å². The Morgan fingerprint density at radius 1 is 1.56 bits per heavy atom. The molecule has 5 nitrogen and oxygen atoms in total. The molecule has 2 amide bonds. The highest BCUT2D eigenvalue weighted by Crippen LogP contribution is 2.18. The second kappa shape index (κ2) is 4.72. The summed E-state index contributed by atoms with van der Waals surface area (Å²) in [6, 6.07) is 0. The lowest BCUT2D eigenvalue weighted by molar-refractivity contribution is -0.124. The van der Waals surface area contributed by atoms with E-state index >= 15 is 0 Å². The molecule has 1 heterocycles. The third-order valence-electron chi connectivity index (χ3n) is 2.71. The van der Waals surface area contributed by atoms with Crippen molar-refractivity contribution in [3.05, 3.63) is 0 Å². The van der Waals surface area contributed by atoms with Crippen LogP contribution in [0.3, 0.4) is 0 Å². The molecule has 16 heavy (non-hydrogen) atoms. The lowest BCUT2D eigenvalue weighted by atomic mass is 10.0. The molecule has 0 saturated carbocycles. The van der Waals surface area contributed by atoms with Crippen molar-refractivity contribution in [3.8, 4) is 0 Å². The molecule has 0 aliphatic carbocycles. The summed E-state index contributed by atoms with van der Waals surface area (Å²) in [6.45, 7) is 8.97. The van der Waals surface area contributed by atoms with Crippen LogP contribution in [0.25, 0.3) is 0 Å². The fourth-order valence-corrected chi connectivity index (χ4v) is 1.55. The van der Waals surface area contributed by atoms with Crippen molar-refractivity contribution >= 4 is 12.0 Å². The van der Waals surface area contributed by atoms with Gasteiger partial charge in [0.2, 0.25) is 5.91 Å². The van der Waals surface area contributed by atoms with Gasteiger partial charge in [-0.05, 0) is 13.8 Å². The van der Waals surface area contributed by atoms with Crippen LogP contribution in [0.4, 0.5) is 4.79 Å². The molecule has 5 heteroatoms. The molecule has 1 N–H and O–H groups in total. The maximum absolute atomic E-state index is 11.4. The standard InChI is InChI=1S/C11H20N2O3/c1-8(2)9(14)12-7-11(3,4)13-5-6-16-10(13)15/h8H,5-7H2,1-4H3,(H,12,14). The van der Waals surface area contributed by atoms with Gasteiger partial charge < -0.3 is 10.1 Å². The maximum atomic E-state index is 11.4. The van der Waals surface area contributed by atoms with E-state index < -0.39 is 5.54 Å². The molecule has 1 aliphatic rings. The van der Waals surface area contributed by atoms with Crippen LogP contribution < -0.4 is 5.32 Å². The SMILES string of the molecule is CC(C)C(=O)NCC(C)(C)N1CCOC1=O. The molecule has 0 aromatic heterocycles. The Kier molecular flexibility index (Phi) is 3.78. The number of cyclic esters (lactones) is 1. The minimum Gasteiger partial charge on any atom is -0.448 e. The molecule has 0 aromatic rings. The van der Waals surface area contributed by atoms with Crippen LogP contribution in [0, 0.1) is 5.92 Å². The van der Waals surface area contributed by atoms with Crippen molar-refractivity contribution in [1.82, 2.24) is 10.2 Å².